The van der Waals surface area contributed by atoms with Gasteiger partial charge in [-0.05, 0) is 39.7 Å². The topological polar surface area (TPSA) is 38.8 Å². The minimum Gasteiger partial charge on any atom is -0.493 e. The molecule has 2 heterocycles. The van der Waals surface area contributed by atoms with Gasteiger partial charge in [0, 0.05) is 11.4 Å². The maximum atomic E-state index is 12.3. The Labute approximate surface area is 135 Å². The second kappa shape index (κ2) is 5.69. The third-order valence-corrected chi connectivity index (χ3v) is 5.08. The summed E-state index contributed by atoms with van der Waals surface area (Å²) in [6.07, 6.45) is 0. The van der Waals surface area contributed by atoms with Gasteiger partial charge in [-0.25, -0.2) is 0 Å². The zero-order valence-corrected chi connectivity index (χ0v) is 14.1. The summed E-state index contributed by atoms with van der Waals surface area (Å²) in [5.74, 6) is 1.46. The van der Waals surface area contributed by atoms with Crippen molar-refractivity contribution < 1.29 is 14.3 Å². The SMILES string of the molecule is COc1ccc(CN2Cc3sc(Br)cc3C2=O)cc1OC. The van der Waals surface area contributed by atoms with Crippen LogP contribution in [0.3, 0.4) is 0 Å². The lowest BCUT2D eigenvalue weighted by atomic mass is 10.2. The maximum Gasteiger partial charge on any atom is 0.255 e. The van der Waals surface area contributed by atoms with Crippen molar-refractivity contribution in [1.29, 1.82) is 0 Å². The molecule has 0 fully saturated rings. The molecule has 21 heavy (non-hydrogen) atoms. The van der Waals surface area contributed by atoms with E-state index in [0.717, 1.165) is 19.8 Å². The second-order valence-corrected chi connectivity index (χ2v) is 7.25. The molecule has 1 amide bonds. The number of benzene rings is 1. The first-order valence-corrected chi connectivity index (χ1v) is 8.01. The van der Waals surface area contributed by atoms with Crippen LogP contribution in [0.5, 0.6) is 11.5 Å². The van der Waals surface area contributed by atoms with Crippen LogP contribution >= 0.6 is 27.3 Å². The number of halogens is 1. The molecular formula is C15H14BrNO3S. The molecule has 0 N–H and O–H groups in total. The van der Waals surface area contributed by atoms with E-state index < -0.39 is 0 Å². The molecule has 0 radical (unpaired) electrons. The fourth-order valence-electron chi connectivity index (χ4n) is 2.44. The number of carbonyl (C=O) groups excluding carboxylic acids is 1. The first kappa shape index (κ1) is 14.4. The molecule has 4 nitrogen and oxygen atoms in total. The number of rotatable bonds is 4. The van der Waals surface area contributed by atoms with Crippen molar-refractivity contribution in [1.82, 2.24) is 4.90 Å². The molecule has 0 unspecified atom stereocenters. The van der Waals surface area contributed by atoms with Gasteiger partial charge in [-0.3, -0.25) is 4.79 Å². The van der Waals surface area contributed by atoms with E-state index in [4.69, 9.17) is 9.47 Å². The monoisotopic (exact) mass is 367 g/mol. The largest absolute Gasteiger partial charge is 0.493 e. The van der Waals surface area contributed by atoms with Gasteiger partial charge in [0.05, 0.1) is 30.1 Å². The van der Waals surface area contributed by atoms with Crippen molar-refractivity contribution in [3.63, 3.8) is 0 Å². The highest BCUT2D eigenvalue weighted by atomic mass is 79.9. The van der Waals surface area contributed by atoms with E-state index in [2.05, 4.69) is 15.9 Å². The molecule has 0 saturated carbocycles. The van der Waals surface area contributed by atoms with Crippen LogP contribution in [-0.2, 0) is 13.1 Å². The number of thiophene rings is 1. The van der Waals surface area contributed by atoms with Gasteiger partial charge >= 0.3 is 0 Å². The van der Waals surface area contributed by atoms with E-state index in [0.29, 0.717) is 24.6 Å². The van der Waals surface area contributed by atoms with Crippen molar-refractivity contribution in [3.05, 3.63) is 44.1 Å². The van der Waals surface area contributed by atoms with Gasteiger partial charge in [0.15, 0.2) is 11.5 Å². The van der Waals surface area contributed by atoms with E-state index in [1.54, 1.807) is 25.6 Å². The minimum atomic E-state index is 0.0849. The van der Waals surface area contributed by atoms with Crippen molar-refractivity contribution in [3.8, 4) is 11.5 Å². The Bertz CT molecular complexity index is 698. The third-order valence-electron chi connectivity index (χ3n) is 3.45. The van der Waals surface area contributed by atoms with Crippen molar-refractivity contribution >= 4 is 33.2 Å². The molecule has 0 spiro atoms. The maximum absolute atomic E-state index is 12.3. The summed E-state index contributed by atoms with van der Waals surface area (Å²) >= 11 is 5.04. The van der Waals surface area contributed by atoms with Gasteiger partial charge in [-0.2, -0.15) is 0 Å². The lowest BCUT2D eigenvalue weighted by Crippen LogP contribution is -2.23. The molecule has 6 heteroatoms. The standard InChI is InChI=1S/C15H14BrNO3S/c1-19-11-4-3-9(5-12(11)20-2)7-17-8-13-10(15(17)18)6-14(16)21-13/h3-6H,7-8H2,1-2H3. The Morgan fingerprint density at radius 3 is 2.67 bits per heavy atom. The molecule has 1 aliphatic heterocycles. The lowest BCUT2D eigenvalue weighted by molar-refractivity contribution is 0.0766. The Kier molecular flexibility index (Phi) is 3.91. The van der Waals surface area contributed by atoms with Crippen LogP contribution in [0.15, 0.2) is 28.1 Å². The molecule has 110 valence electrons. The first-order chi connectivity index (χ1) is 10.1. The van der Waals surface area contributed by atoms with Crippen molar-refractivity contribution in [2.24, 2.45) is 0 Å². The predicted octanol–water partition coefficient (Wildman–Crippen LogP) is 3.68. The average Bonchev–Trinajstić information content (AvgIpc) is 2.97. The number of methoxy groups -OCH3 is 2. The number of nitrogens with zero attached hydrogens (tertiary/aromatic N) is 1. The van der Waals surface area contributed by atoms with Gasteiger partial charge in [-0.1, -0.05) is 6.07 Å². The molecular weight excluding hydrogens is 354 g/mol. The summed E-state index contributed by atoms with van der Waals surface area (Å²) in [4.78, 5) is 15.3. The quantitative estimate of drug-likeness (QED) is 0.827. The predicted molar refractivity (Wildman–Crippen MR) is 85.1 cm³/mol. The number of fused-ring (bicyclic) bond motifs is 1. The number of hydrogen-bond donors (Lipinski definition) is 0. The molecule has 0 aliphatic carbocycles. The number of amides is 1. The van der Waals surface area contributed by atoms with Gasteiger partial charge in [0.2, 0.25) is 0 Å². The van der Waals surface area contributed by atoms with Gasteiger partial charge in [-0.15, -0.1) is 11.3 Å². The summed E-state index contributed by atoms with van der Waals surface area (Å²) in [6, 6.07) is 7.63. The number of ether oxygens (including phenoxy) is 2. The van der Waals surface area contributed by atoms with Crippen LogP contribution in [0.1, 0.15) is 20.8 Å². The summed E-state index contributed by atoms with van der Waals surface area (Å²) in [6.45, 7) is 1.23. The van der Waals surface area contributed by atoms with Crippen LogP contribution in [0.4, 0.5) is 0 Å². The van der Waals surface area contributed by atoms with Gasteiger partial charge < -0.3 is 14.4 Å². The molecule has 1 aliphatic rings. The molecule has 1 aromatic carbocycles. The number of carbonyl (C=O) groups is 1. The van der Waals surface area contributed by atoms with E-state index >= 15 is 0 Å². The van der Waals surface area contributed by atoms with E-state index in [1.165, 1.54) is 0 Å². The minimum absolute atomic E-state index is 0.0849. The first-order valence-electron chi connectivity index (χ1n) is 6.40. The molecule has 3 rings (SSSR count). The van der Waals surface area contributed by atoms with E-state index in [-0.39, 0.29) is 5.91 Å². The Morgan fingerprint density at radius 1 is 1.24 bits per heavy atom. The second-order valence-electron chi connectivity index (χ2n) is 4.74. The fraction of sp³-hybridized carbons (Fsp3) is 0.267. The molecule has 0 bridgehead atoms. The summed E-state index contributed by atoms with van der Waals surface area (Å²) in [5, 5.41) is 0. The zero-order valence-electron chi connectivity index (χ0n) is 11.7. The van der Waals surface area contributed by atoms with Crippen LogP contribution in [-0.4, -0.2) is 25.0 Å². The highest BCUT2D eigenvalue weighted by Gasteiger charge is 2.29. The highest BCUT2D eigenvalue weighted by Crippen LogP contribution is 2.35. The summed E-state index contributed by atoms with van der Waals surface area (Å²) in [7, 11) is 3.22. The van der Waals surface area contributed by atoms with Gasteiger partial charge in [0.1, 0.15) is 0 Å². The van der Waals surface area contributed by atoms with E-state index in [1.807, 2.05) is 29.2 Å². The molecule has 2 aromatic rings. The van der Waals surface area contributed by atoms with Crippen LogP contribution in [0, 0.1) is 0 Å². The highest BCUT2D eigenvalue weighted by molar-refractivity contribution is 9.11. The van der Waals surface area contributed by atoms with Crippen LogP contribution < -0.4 is 9.47 Å². The van der Waals surface area contributed by atoms with Crippen molar-refractivity contribution in [2.45, 2.75) is 13.1 Å². The number of hydrogen-bond acceptors (Lipinski definition) is 4. The Morgan fingerprint density at radius 2 is 2.00 bits per heavy atom. The Hall–Kier alpha value is -1.53. The molecule has 1 aromatic heterocycles. The molecule has 0 atom stereocenters. The summed E-state index contributed by atoms with van der Waals surface area (Å²) in [5.41, 5.74) is 1.84. The zero-order chi connectivity index (χ0) is 15.0. The lowest BCUT2D eigenvalue weighted by Gasteiger charge is -2.17. The van der Waals surface area contributed by atoms with Crippen LogP contribution in [0.2, 0.25) is 0 Å². The Balaban J connectivity index is 1.79. The fourth-order valence-corrected chi connectivity index (χ4v) is 4.14. The van der Waals surface area contributed by atoms with Crippen LogP contribution in [0.25, 0.3) is 0 Å². The van der Waals surface area contributed by atoms with E-state index in [9.17, 15) is 4.79 Å². The van der Waals surface area contributed by atoms with Gasteiger partial charge in [0.25, 0.3) is 5.91 Å². The normalized spacial score (nSPS) is 13.5. The average molecular weight is 368 g/mol. The molecule has 0 saturated heterocycles. The third kappa shape index (κ3) is 2.65. The van der Waals surface area contributed by atoms with Crippen molar-refractivity contribution in [2.75, 3.05) is 14.2 Å². The smallest absolute Gasteiger partial charge is 0.255 e. The summed E-state index contributed by atoms with van der Waals surface area (Å²) < 4.78 is 11.5.